The summed E-state index contributed by atoms with van der Waals surface area (Å²) in [6, 6.07) is 11.6. The van der Waals surface area contributed by atoms with E-state index in [1.54, 1.807) is 55.9 Å². The maximum atomic E-state index is 13.2. The third kappa shape index (κ3) is 8.04. The maximum Gasteiger partial charge on any atom is 0.408 e. The summed E-state index contributed by atoms with van der Waals surface area (Å²) in [7, 11) is 0. The summed E-state index contributed by atoms with van der Waals surface area (Å²) in [6.45, 7) is 5.85. The van der Waals surface area contributed by atoms with Crippen molar-refractivity contribution in [3.05, 3.63) is 63.7 Å². The van der Waals surface area contributed by atoms with Gasteiger partial charge in [-0.15, -0.1) is 5.10 Å². The van der Waals surface area contributed by atoms with Crippen molar-refractivity contribution in [3.63, 3.8) is 0 Å². The number of anilines is 1. The number of carbonyl (C=O) groups excluding carboxylic acids is 2. The lowest BCUT2D eigenvalue weighted by atomic mass is 10.0. The molecule has 1 heterocycles. The standard InChI is InChI=1S/C25H29BrClN5O4/c1-25(2,3)36-24(35)30-21(14-17-13-18(26)7-10-20(17)27)23(34)29-19-8-5-16(6-9-19)22-15-28-31-32(22)11-4-12-33/h5-10,13,15,21,33H,4,11-12,14H2,1-3H3,(H,29,34)(H,30,35). The second kappa shape index (κ2) is 12.3. The van der Waals surface area contributed by atoms with E-state index in [4.69, 9.17) is 21.4 Å². The molecule has 1 aromatic heterocycles. The normalized spacial score (nSPS) is 12.2. The molecule has 9 nitrogen and oxygen atoms in total. The summed E-state index contributed by atoms with van der Waals surface area (Å²) in [5, 5.41) is 23.1. The van der Waals surface area contributed by atoms with Gasteiger partial charge in [0.25, 0.3) is 0 Å². The lowest BCUT2D eigenvalue weighted by molar-refractivity contribution is -0.118. The second-order valence-electron chi connectivity index (χ2n) is 9.12. The van der Waals surface area contributed by atoms with Crippen LogP contribution in [0, 0.1) is 0 Å². The third-order valence-corrected chi connectivity index (χ3v) is 5.90. The summed E-state index contributed by atoms with van der Waals surface area (Å²) in [4.78, 5) is 25.7. The highest BCUT2D eigenvalue weighted by molar-refractivity contribution is 9.10. The van der Waals surface area contributed by atoms with Crippen LogP contribution in [0.3, 0.4) is 0 Å². The molecule has 0 spiro atoms. The number of rotatable bonds is 9. The lowest BCUT2D eigenvalue weighted by Crippen LogP contribution is -2.47. The number of aliphatic hydroxyl groups is 1. The Balaban J connectivity index is 1.76. The first-order chi connectivity index (χ1) is 17.1. The molecule has 1 unspecified atom stereocenters. The van der Waals surface area contributed by atoms with Crippen molar-refractivity contribution in [1.29, 1.82) is 0 Å². The fourth-order valence-corrected chi connectivity index (χ4v) is 4.00. The molecule has 0 aliphatic rings. The van der Waals surface area contributed by atoms with Crippen LogP contribution in [0.1, 0.15) is 32.8 Å². The van der Waals surface area contributed by atoms with Crippen molar-refractivity contribution in [1.82, 2.24) is 20.3 Å². The molecule has 0 aliphatic carbocycles. The molecule has 3 aromatic rings. The summed E-state index contributed by atoms with van der Waals surface area (Å²) in [5.74, 6) is -0.417. The number of nitrogens with one attached hydrogen (secondary N) is 2. The summed E-state index contributed by atoms with van der Waals surface area (Å²) < 4.78 is 7.88. The van der Waals surface area contributed by atoms with Gasteiger partial charge in [-0.05, 0) is 63.1 Å². The Morgan fingerprint density at radius 2 is 1.92 bits per heavy atom. The second-order valence-corrected chi connectivity index (χ2v) is 10.4. The first-order valence-electron chi connectivity index (χ1n) is 11.4. The molecule has 0 saturated carbocycles. The summed E-state index contributed by atoms with van der Waals surface area (Å²) >= 11 is 9.75. The predicted molar refractivity (Wildman–Crippen MR) is 142 cm³/mol. The molecular weight excluding hydrogens is 550 g/mol. The zero-order chi connectivity index (χ0) is 26.3. The van der Waals surface area contributed by atoms with Crippen molar-refractivity contribution in [2.45, 2.75) is 51.8 Å². The molecule has 1 atom stereocenters. The molecule has 3 rings (SSSR count). The van der Waals surface area contributed by atoms with E-state index in [2.05, 4.69) is 36.9 Å². The van der Waals surface area contributed by atoms with Crippen molar-refractivity contribution in [3.8, 4) is 11.3 Å². The number of benzene rings is 2. The Kier molecular flexibility index (Phi) is 9.47. The molecule has 3 N–H and O–H groups in total. The van der Waals surface area contributed by atoms with Crippen LogP contribution in [0.15, 0.2) is 53.1 Å². The molecule has 11 heteroatoms. The lowest BCUT2D eigenvalue weighted by Gasteiger charge is -2.23. The number of amides is 2. The number of halogens is 2. The predicted octanol–water partition coefficient (Wildman–Crippen LogP) is 4.82. The molecule has 192 valence electrons. The van der Waals surface area contributed by atoms with Gasteiger partial charge in [0.2, 0.25) is 5.91 Å². The summed E-state index contributed by atoms with van der Waals surface area (Å²) in [6.07, 6.45) is 1.68. The first-order valence-corrected chi connectivity index (χ1v) is 12.6. The van der Waals surface area contributed by atoms with Crippen molar-refractivity contribution in [2.24, 2.45) is 0 Å². The van der Waals surface area contributed by atoms with Crippen molar-refractivity contribution < 1.29 is 19.4 Å². The Hall–Kier alpha value is -2.95. The smallest absolute Gasteiger partial charge is 0.408 e. The SMILES string of the molecule is CC(C)(C)OC(=O)NC(Cc1cc(Br)ccc1Cl)C(=O)Nc1ccc(-c2cnnn2CCCO)cc1. The van der Waals surface area contributed by atoms with E-state index in [0.717, 1.165) is 15.7 Å². The number of nitrogens with zero attached hydrogens (tertiary/aromatic N) is 3. The molecule has 0 radical (unpaired) electrons. The van der Waals surface area contributed by atoms with Gasteiger partial charge >= 0.3 is 6.09 Å². The molecule has 2 aromatic carbocycles. The van der Waals surface area contributed by atoms with Crippen LogP contribution in [0.25, 0.3) is 11.3 Å². The molecule has 0 bridgehead atoms. The number of ether oxygens (including phenoxy) is 1. The van der Waals surface area contributed by atoms with Gasteiger partial charge in [-0.25, -0.2) is 9.48 Å². The Morgan fingerprint density at radius 1 is 1.19 bits per heavy atom. The Labute approximate surface area is 223 Å². The van der Waals surface area contributed by atoms with Crippen LogP contribution in [-0.4, -0.2) is 50.4 Å². The van der Waals surface area contributed by atoms with Gasteiger partial charge < -0.3 is 20.5 Å². The number of hydrogen-bond acceptors (Lipinski definition) is 6. The number of alkyl carbamates (subject to hydrolysis) is 1. The summed E-state index contributed by atoms with van der Waals surface area (Å²) in [5.41, 5.74) is 2.19. The number of aliphatic hydroxyl groups excluding tert-OH is 1. The Bertz CT molecular complexity index is 1190. The van der Waals surface area contributed by atoms with Crippen LogP contribution in [0.2, 0.25) is 5.02 Å². The van der Waals surface area contributed by atoms with Crippen LogP contribution < -0.4 is 10.6 Å². The number of hydrogen-bond donors (Lipinski definition) is 3. The third-order valence-electron chi connectivity index (χ3n) is 5.03. The molecular formula is C25H29BrClN5O4. The van der Waals surface area contributed by atoms with Crippen LogP contribution in [0.4, 0.5) is 10.5 Å². The highest BCUT2D eigenvalue weighted by atomic mass is 79.9. The highest BCUT2D eigenvalue weighted by Crippen LogP contribution is 2.24. The van der Waals surface area contributed by atoms with E-state index in [1.807, 2.05) is 18.2 Å². The van der Waals surface area contributed by atoms with Gasteiger partial charge in [-0.1, -0.05) is 44.9 Å². The number of aromatic nitrogens is 3. The fourth-order valence-electron chi connectivity index (χ4n) is 3.40. The van der Waals surface area contributed by atoms with E-state index < -0.39 is 23.6 Å². The van der Waals surface area contributed by atoms with Gasteiger partial charge in [0.1, 0.15) is 11.6 Å². The van der Waals surface area contributed by atoms with Gasteiger partial charge in [-0.3, -0.25) is 4.79 Å². The minimum Gasteiger partial charge on any atom is -0.444 e. The van der Waals surface area contributed by atoms with Crippen LogP contribution in [-0.2, 0) is 22.5 Å². The Morgan fingerprint density at radius 3 is 2.58 bits per heavy atom. The van der Waals surface area contributed by atoms with Gasteiger partial charge in [0.15, 0.2) is 0 Å². The minimum atomic E-state index is -0.935. The fraction of sp³-hybridized carbons (Fsp3) is 0.360. The van der Waals surface area contributed by atoms with Crippen LogP contribution in [0.5, 0.6) is 0 Å². The van der Waals surface area contributed by atoms with E-state index in [9.17, 15) is 9.59 Å². The molecule has 36 heavy (non-hydrogen) atoms. The monoisotopic (exact) mass is 577 g/mol. The molecule has 0 aliphatic heterocycles. The average Bonchev–Trinajstić information content (AvgIpc) is 3.27. The topological polar surface area (TPSA) is 118 Å². The van der Waals surface area contributed by atoms with Gasteiger partial charge in [-0.2, -0.15) is 0 Å². The average molecular weight is 579 g/mol. The first kappa shape index (κ1) is 27.6. The zero-order valence-corrected chi connectivity index (χ0v) is 22.6. The van der Waals surface area contributed by atoms with Crippen molar-refractivity contribution >= 4 is 45.2 Å². The van der Waals surface area contributed by atoms with E-state index in [-0.39, 0.29) is 13.0 Å². The quantitative estimate of drug-likeness (QED) is 0.335. The number of aryl methyl sites for hydroxylation is 1. The molecule has 2 amide bonds. The highest BCUT2D eigenvalue weighted by Gasteiger charge is 2.26. The van der Waals surface area contributed by atoms with E-state index >= 15 is 0 Å². The van der Waals surface area contributed by atoms with Crippen molar-refractivity contribution in [2.75, 3.05) is 11.9 Å². The maximum absolute atomic E-state index is 13.2. The van der Waals surface area contributed by atoms with E-state index in [0.29, 0.717) is 29.2 Å². The largest absolute Gasteiger partial charge is 0.444 e. The van der Waals surface area contributed by atoms with E-state index in [1.165, 1.54) is 0 Å². The zero-order valence-electron chi connectivity index (χ0n) is 20.3. The van der Waals surface area contributed by atoms with Gasteiger partial charge in [0.05, 0.1) is 11.9 Å². The molecule has 0 fully saturated rings. The van der Waals surface area contributed by atoms with Crippen LogP contribution >= 0.6 is 27.5 Å². The van der Waals surface area contributed by atoms with Gasteiger partial charge in [0, 0.05) is 40.3 Å². The minimum absolute atomic E-state index is 0.0634. The molecule has 0 saturated heterocycles. The number of carbonyl (C=O) groups is 2.